The van der Waals surface area contributed by atoms with Gasteiger partial charge in [-0.2, -0.15) is 0 Å². The van der Waals surface area contributed by atoms with Crippen molar-refractivity contribution in [1.82, 2.24) is 0 Å². The van der Waals surface area contributed by atoms with Crippen molar-refractivity contribution in [3.63, 3.8) is 0 Å². The van der Waals surface area contributed by atoms with Gasteiger partial charge in [-0.15, -0.1) is 0 Å². The average molecular weight is 95.2 g/mol. The van der Waals surface area contributed by atoms with E-state index in [4.69, 9.17) is 6.42 Å². The molecule has 0 heteroatoms. The van der Waals surface area contributed by atoms with E-state index in [-0.39, 0.29) is 5.41 Å². The van der Waals surface area contributed by atoms with Crippen molar-refractivity contribution in [2.45, 2.75) is 27.2 Å². The minimum Gasteiger partial charge on any atom is -0.0886 e. The minimum absolute atomic E-state index is 0.252. The highest BCUT2D eigenvalue weighted by atomic mass is 14.1. The molecule has 0 N–H and O–H groups in total. The Hall–Kier alpha value is -0.440. The topological polar surface area (TPSA) is 0 Å². The van der Waals surface area contributed by atoms with Crippen LogP contribution in [0, 0.1) is 17.8 Å². The number of rotatable bonds is 0. The van der Waals surface area contributed by atoms with Crippen LogP contribution in [0.4, 0.5) is 0 Å². The van der Waals surface area contributed by atoms with Crippen LogP contribution < -0.4 is 0 Å². The summed E-state index contributed by atoms with van der Waals surface area (Å²) < 4.78 is 0. The summed E-state index contributed by atoms with van der Waals surface area (Å²) in [5.41, 5.74) is 0.252. The van der Waals surface area contributed by atoms with E-state index >= 15 is 0 Å². The molecule has 0 aromatic heterocycles. The first-order valence-corrected chi connectivity index (χ1v) is 2.46. The molecule has 0 fully saturated rings. The first-order valence-electron chi connectivity index (χ1n) is 2.46. The number of hydrogen-bond acceptors (Lipinski definition) is 0. The van der Waals surface area contributed by atoms with Crippen molar-refractivity contribution >= 4 is 0 Å². The molecule has 0 saturated heterocycles. The zero-order valence-electron chi connectivity index (χ0n) is 5.21. The van der Waals surface area contributed by atoms with Crippen molar-refractivity contribution in [3.05, 3.63) is 6.42 Å². The van der Waals surface area contributed by atoms with Crippen LogP contribution in [0.3, 0.4) is 0 Å². The molecule has 0 aromatic carbocycles. The quantitative estimate of drug-likeness (QED) is 0.404. The highest BCUT2D eigenvalue weighted by molar-refractivity contribution is 4.82. The Bertz CT molecular complexity index is 77.2. The normalized spacial score (nSPS) is 10.6. The Morgan fingerprint density at radius 3 is 1.86 bits per heavy atom. The van der Waals surface area contributed by atoms with E-state index in [2.05, 4.69) is 26.7 Å². The third kappa shape index (κ3) is 5.56. The summed E-state index contributed by atoms with van der Waals surface area (Å²) in [6.07, 6.45) is 7.37. The largest absolute Gasteiger partial charge is 0.0886 e. The van der Waals surface area contributed by atoms with Crippen LogP contribution in [0.15, 0.2) is 0 Å². The summed E-state index contributed by atoms with van der Waals surface area (Å²) in [6, 6.07) is 0. The predicted molar refractivity (Wildman–Crippen MR) is 31.2 cm³/mol. The maximum absolute atomic E-state index is 6.61. The van der Waals surface area contributed by atoms with E-state index in [0.29, 0.717) is 0 Å². The van der Waals surface area contributed by atoms with Crippen molar-refractivity contribution in [1.29, 1.82) is 0 Å². The number of hydrogen-bond donors (Lipinski definition) is 0. The van der Waals surface area contributed by atoms with Crippen LogP contribution in [0.2, 0.25) is 0 Å². The van der Waals surface area contributed by atoms with E-state index in [1.165, 1.54) is 0 Å². The molecule has 0 bridgehead atoms. The van der Waals surface area contributed by atoms with Gasteiger partial charge in [0.1, 0.15) is 0 Å². The van der Waals surface area contributed by atoms with Gasteiger partial charge in [-0.25, -0.2) is 0 Å². The fourth-order valence-corrected chi connectivity index (χ4v) is 0.265. The monoisotopic (exact) mass is 95.1 g/mol. The van der Waals surface area contributed by atoms with E-state index in [1.54, 1.807) is 0 Å². The molecule has 0 atom stereocenters. The molecule has 0 aliphatic heterocycles. The highest BCUT2D eigenvalue weighted by Gasteiger charge is 2.05. The lowest BCUT2D eigenvalue weighted by Gasteiger charge is -2.11. The molecule has 0 amide bonds. The van der Waals surface area contributed by atoms with Gasteiger partial charge in [0.25, 0.3) is 0 Å². The average Bonchev–Trinajstić information content (AvgIpc) is 1.30. The van der Waals surface area contributed by atoms with Gasteiger partial charge in [-0.05, 0) is 11.8 Å². The highest BCUT2D eigenvalue weighted by Crippen LogP contribution is 2.16. The molecule has 0 nitrogen and oxygen atoms in total. The van der Waals surface area contributed by atoms with Gasteiger partial charge in [0.15, 0.2) is 0 Å². The van der Waals surface area contributed by atoms with E-state index in [1.807, 2.05) is 0 Å². The Kier molecular flexibility index (Phi) is 1.90. The molecular formula is C7H11. The van der Waals surface area contributed by atoms with Crippen molar-refractivity contribution < 1.29 is 0 Å². The lowest BCUT2D eigenvalue weighted by molar-refractivity contribution is 0.428. The summed E-state index contributed by atoms with van der Waals surface area (Å²) >= 11 is 0. The summed E-state index contributed by atoms with van der Waals surface area (Å²) in [4.78, 5) is 0. The standard InChI is InChI=1S/C7H11/c1-5-6-7(2,3)4/h6H2,2-4H3. The Morgan fingerprint density at radius 1 is 1.43 bits per heavy atom. The third-order valence-electron chi connectivity index (χ3n) is 0.619. The zero-order valence-corrected chi connectivity index (χ0v) is 5.21. The molecule has 1 radical (unpaired) electrons. The first-order chi connectivity index (χ1) is 3.06. The van der Waals surface area contributed by atoms with Crippen molar-refractivity contribution in [2.24, 2.45) is 5.41 Å². The second-order valence-electron chi connectivity index (χ2n) is 2.91. The van der Waals surface area contributed by atoms with Gasteiger partial charge in [0.2, 0.25) is 0 Å². The molecule has 0 spiro atoms. The van der Waals surface area contributed by atoms with Gasteiger partial charge in [-0.3, -0.25) is 0 Å². The lowest BCUT2D eigenvalue weighted by atomic mass is 9.93. The molecule has 0 saturated carbocycles. The molecule has 0 unspecified atom stereocenters. The molecular weight excluding hydrogens is 84.1 g/mol. The van der Waals surface area contributed by atoms with Crippen LogP contribution in [0.1, 0.15) is 27.2 Å². The molecule has 0 heterocycles. The molecule has 0 aliphatic rings. The van der Waals surface area contributed by atoms with Gasteiger partial charge in [0, 0.05) is 6.42 Å². The Morgan fingerprint density at radius 2 is 1.86 bits per heavy atom. The van der Waals surface area contributed by atoms with E-state index in [9.17, 15) is 0 Å². The van der Waals surface area contributed by atoms with Gasteiger partial charge >= 0.3 is 0 Å². The van der Waals surface area contributed by atoms with Crippen LogP contribution in [0.25, 0.3) is 0 Å². The van der Waals surface area contributed by atoms with Crippen molar-refractivity contribution in [3.8, 4) is 5.92 Å². The summed E-state index contributed by atoms with van der Waals surface area (Å²) in [5.74, 6) is 2.36. The summed E-state index contributed by atoms with van der Waals surface area (Å²) in [7, 11) is 0. The predicted octanol–water partition coefficient (Wildman–Crippen LogP) is 2.01. The van der Waals surface area contributed by atoms with Crippen LogP contribution in [-0.2, 0) is 0 Å². The smallest absolute Gasteiger partial charge is 0.0148 e. The van der Waals surface area contributed by atoms with E-state index < -0.39 is 0 Å². The van der Waals surface area contributed by atoms with Crippen molar-refractivity contribution in [2.75, 3.05) is 0 Å². The molecule has 0 aromatic rings. The first kappa shape index (κ1) is 6.56. The fourth-order valence-electron chi connectivity index (χ4n) is 0.265. The van der Waals surface area contributed by atoms with Crippen LogP contribution >= 0.6 is 0 Å². The zero-order chi connectivity index (χ0) is 5.91. The molecule has 7 heavy (non-hydrogen) atoms. The minimum atomic E-state index is 0.252. The third-order valence-corrected chi connectivity index (χ3v) is 0.619. The fraction of sp³-hybridized carbons (Fsp3) is 0.714. The van der Waals surface area contributed by atoms with Gasteiger partial charge < -0.3 is 0 Å². The maximum atomic E-state index is 6.61. The maximum Gasteiger partial charge on any atom is 0.0148 e. The van der Waals surface area contributed by atoms with Gasteiger partial charge in [-0.1, -0.05) is 26.7 Å². The summed E-state index contributed by atoms with van der Waals surface area (Å²) in [5, 5.41) is 0. The molecule has 0 rings (SSSR count). The Balaban J connectivity index is 3.40. The second kappa shape index (κ2) is 2.02. The molecule has 0 aliphatic carbocycles. The summed E-state index contributed by atoms with van der Waals surface area (Å²) in [6.45, 7) is 6.28. The van der Waals surface area contributed by atoms with E-state index in [0.717, 1.165) is 6.42 Å². The second-order valence-corrected chi connectivity index (χ2v) is 2.91. The SMILES string of the molecule is [C]#CCC(C)(C)C. The molecule has 39 valence electrons. The van der Waals surface area contributed by atoms with Crippen LogP contribution in [0.5, 0.6) is 0 Å². The lowest BCUT2D eigenvalue weighted by Crippen LogP contribution is -2.01. The van der Waals surface area contributed by atoms with Gasteiger partial charge in [0.05, 0.1) is 0 Å². The van der Waals surface area contributed by atoms with Crippen LogP contribution in [-0.4, -0.2) is 0 Å². The Labute approximate surface area is 45.9 Å².